The Morgan fingerprint density at radius 1 is 1.42 bits per heavy atom. The van der Waals surface area contributed by atoms with Gasteiger partial charge in [-0.25, -0.2) is 0 Å². The van der Waals surface area contributed by atoms with Crippen molar-refractivity contribution in [2.45, 2.75) is 13.3 Å². The van der Waals surface area contributed by atoms with E-state index in [4.69, 9.17) is 17.3 Å². The van der Waals surface area contributed by atoms with E-state index in [0.29, 0.717) is 29.2 Å². The number of hydrogen-bond acceptors (Lipinski definition) is 3. The molecule has 0 saturated carbocycles. The molecular formula is C12H16ClN3O2S. The third-order valence-electron chi connectivity index (χ3n) is 2.09. The monoisotopic (exact) mass is 301 g/mol. The SMILES string of the molecule is CCCNS(=O)(=O)Nc1ccc(Cl)cc1C#CCN. The third kappa shape index (κ3) is 5.49. The van der Waals surface area contributed by atoms with E-state index in [1.807, 2.05) is 6.92 Å². The summed E-state index contributed by atoms with van der Waals surface area (Å²) in [6.07, 6.45) is 0.710. The summed E-state index contributed by atoms with van der Waals surface area (Å²) in [4.78, 5) is 0. The molecule has 1 aromatic carbocycles. The van der Waals surface area contributed by atoms with Crippen LogP contribution in [0, 0.1) is 11.8 Å². The second-order valence-corrected chi connectivity index (χ2v) is 5.63. The molecule has 0 fully saturated rings. The van der Waals surface area contributed by atoms with E-state index in [1.165, 1.54) is 0 Å². The summed E-state index contributed by atoms with van der Waals surface area (Å²) in [5, 5.41) is 0.478. The molecule has 0 unspecified atom stereocenters. The van der Waals surface area contributed by atoms with E-state index in [-0.39, 0.29) is 6.54 Å². The van der Waals surface area contributed by atoms with Crippen molar-refractivity contribution in [3.63, 3.8) is 0 Å². The highest BCUT2D eigenvalue weighted by Crippen LogP contribution is 2.20. The number of benzene rings is 1. The molecule has 0 heterocycles. The summed E-state index contributed by atoms with van der Waals surface area (Å²) >= 11 is 5.86. The lowest BCUT2D eigenvalue weighted by molar-refractivity contribution is 0.586. The Morgan fingerprint density at radius 2 is 2.16 bits per heavy atom. The topological polar surface area (TPSA) is 84.2 Å². The lowest BCUT2D eigenvalue weighted by Gasteiger charge is -2.10. The van der Waals surface area contributed by atoms with Crippen molar-refractivity contribution in [1.82, 2.24) is 4.72 Å². The molecule has 0 aromatic heterocycles. The molecule has 0 amide bonds. The second kappa shape index (κ2) is 7.36. The van der Waals surface area contributed by atoms with Gasteiger partial charge in [-0.3, -0.25) is 4.72 Å². The summed E-state index contributed by atoms with van der Waals surface area (Å²) in [6, 6.07) is 4.74. The molecule has 0 bridgehead atoms. The van der Waals surface area contributed by atoms with Gasteiger partial charge in [0.15, 0.2) is 0 Å². The van der Waals surface area contributed by atoms with Crippen LogP contribution in [-0.2, 0) is 10.2 Å². The van der Waals surface area contributed by atoms with Gasteiger partial charge in [0.25, 0.3) is 10.2 Å². The fourth-order valence-electron chi connectivity index (χ4n) is 1.27. The predicted molar refractivity (Wildman–Crippen MR) is 78.2 cm³/mol. The number of nitrogens with two attached hydrogens (primary N) is 1. The van der Waals surface area contributed by atoms with Gasteiger partial charge in [0, 0.05) is 11.6 Å². The number of halogens is 1. The molecule has 0 aliphatic carbocycles. The summed E-state index contributed by atoms with van der Waals surface area (Å²) in [5.41, 5.74) is 6.16. The van der Waals surface area contributed by atoms with E-state index in [9.17, 15) is 8.42 Å². The molecular weight excluding hydrogens is 286 g/mol. The first-order chi connectivity index (χ1) is 8.98. The highest BCUT2D eigenvalue weighted by atomic mass is 35.5. The Bertz CT molecular complexity index is 591. The number of anilines is 1. The van der Waals surface area contributed by atoms with Crippen LogP contribution in [0.4, 0.5) is 5.69 Å². The quantitative estimate of drug-likeness (QED) is 0.717. The molecule has 5 nitrogen and oxygen atoms in total. The van der Waals surface area contributed by atoms with E-state index in [0.717, 1.165) is 0 Å². The van der Waals surface area contributed by atoms with E-state index >= 15 is 0 Å². The van der Waals surface area contributed by atoms with Crippen LogP contribution < -0.4 is 15.2 Å². The minimum Gasteiger partial charge on any atom is -0.320 e. The molecule has 0 saturated heterocycles. The molecule has 19 heavy (non-hydrogen) atoms. The van der Waals surface area contributed by atoms with Gasteiger partial charge in [-0.1, -0.05) is 30.4 Å². The maximum atomic E-state index is 11.7. The Hall–Kier alpha value is -1.26. The fraction of sp³-hybridized carbons (Fsp3) is 0.333. The zero-order chi connectivity index (χ0) is 14.3. The summed E-state index contributed by atoms with van der Waals surface area (Å²) in [7, 11) is -3.60. The first-order valence-electron chi connectivity index (χ1n) is 5.74. The molecule has 104 valence electrons. The summed E-state index contributed by atoms with van der Waals surface area (Å²) in [6.45, 7) is 2.43. The van der Waals surface area contributed by atoms with Crippen molar-refractivity contribution in [3.05, 3.63) is 28.8 Å². The predicted octanol–water partition coefficient (Wildman–Crippen LogP) is 1.31. The molecule has 1 aromatic rings. The van der Waals surface area contributed by atoms with Gasteiger partial charge in [-0.05, 0) is 24.6 Å². The van der Waals surface area contributed by atoms with Gasteiger partial charge < -0.3 is 5.73 Å². The summed E-state index contributed by atoms with van der Waals surface area (Å²) < 4.78 is 28.3. The first-order valence-corrected chi connectivity index (χ1v) is 7.60. The highest BCUT2D eigenvalue weighted by molar-refractivity contribution is 7.90. The largest absolute Gasteiger partial charge is 0.320 e. The van der Waals surface area contributed by atoms with Gasteiger partial charge in [0.05, 0.1) is 17.8 Å². The van der Waals surface area contributed by atoms with Crippen LogP contribution in [0.15, 0.2) is 18.2 Å². The fourth-order valence-corrected chi connectivity index (χ4v) is 2.46. The van der Waals surface area contributed by atoms with Gasteiger partial charge in [0.1, 0.15) is 0 Å². The van der Waals surface area contributed by atoms with Crippen molar-refractivity contribution in [2.75, 3.05) is 17.8 Å². The Balaban J connectivity index is 3.00. The van der Waals surface area contributed by atoms with Crippen LogP contribution in [0.3, 0.4) is 0 Å². The molecule has 4 N–H and O–H groups in total. The standard InChI is InChI=1S/C12H16ClN3O2S/c1-2-8-15-19(17,18)16-12-6-5-11(13)9-10(12)4-3-7-14/h5-6,9,15-16H,2,7-8,14H2,1H3. The zero-order valence-corrected chi connectivity index (χ0v) is 12.1. The van der Waals surface area contributed by atoms with Gasteiger partial charge in [-0.2, -0.15) is 13.1 Å². The minimum absolute atomic E-state index is 0.187. The molecule has 0 aliphatic heterocycles. The van der Waals surface area contributed by atoms with Crippen molar-refractivity contribution in [1.29, 1.82) is 0 Å². The molecule has 0 atom stereocenters. The van der Waals surface area contributed by atoms with E-state index < -0.39 is 10.2 Å². The average Bonchev–Trinajstić information content (AvgIpc) is 2.36. The Labute approximate surface area is 118 Å². The van der Waals surface area contributed by atoms with Crippen LogP contribution in [0.1, 0.15) is 18.9 Å². The smallest absolute Gasteiger partial charge is 0.299 e. The lowest BCUT2D eigenvalue weighted by atomic mass is 10.2. The van der Waals surface area contributed by atoms with E-state index in [1.54, 1.807) is 18.2 Å². The molecule has 0 radical (unpaired) electrons. The van der Waals surface area contributed by atoms with Crippen LogP contribution >= 0.6 is 11.6 Å². The van der Waals surface area contributed by atoms with Crippen molar-refractivity contribution in [3.8, 4) is 11.8 Å². The van der Waals surface area contributed by atoms with Crippen molar-refractivity contribution in [2.24, 2.45) is 5.73 Å². The average molecular weight is 302 g/mol. The number of rotatable bonds is 5. The minimum atomic E-state index is -3.60. The van der Waals surface area contributed by atoms with Crippen molar-refractivity contribution < 1.29 is 8.42 Å². The molecule has 0 spiro atoms. The maximum absolute atomic E-state index is 11.7. The first kappa shape index (κ1) is 15.8. The lowest BCUT2D eigenvalue weighted by Crippen LogP contribution is -2.30. The number of hydrogen-bond donors (Lipinski definition) is 3. The second-order valence-electron chi connectivity index (χ2n) is 3.70. The van der Waals surface area contributed by atoms with Crippen LogP contribution in [-0.4, -0.2) is 21.5 Å². The van der Waals surface area contributed by atoms with Gasteiger partial charge in [0.2, 0.25) is 0 Å². The van der Waals surface area contributed by atoms with E-state index in [2.05, 4.69) is 21.3 Å². The van der Waals surface area contributed by atoms with Crippen LogP contribution in [0.25, 0.3) is 0 Å². The molecule has 7 heteroatoms. The molecule has 1 rings (SSSR count). The zero-order valence-electron chi connectivity index (χ0n) is 10.5. The van der Waals surface area contributed by atoms with Gasteiger partial charge >= 0.3 is 0 Å². The molecule has 0 aliphatic rings. The van der Waals surface area contributed by atoms with Crippen molar-refractivity contribution >= 4 is 27.5 Å². The Kier molecular flexibility index (Phi) is 6.12. The number of nitrogens with one attached hydrogen (secondary N) is 2. The van der Waals surface area contributed by atoms with Crippen LogP contribution in [0.2, 0.25) is 5.02 Å². The van der Waals surface area contributed by atoms with Gasteiger partial charge in [-0.15, -0.1) is 0 Å². The van der Waals surface area contributed by atoms with Crippen LogP contribution in [0.5, 0.6) is 0 Å². The maximum Gasteiger partial charge on any atom is 0.299 e. The highest BCUT2D eigenvalue weighted by Gasteiger charge is 2.11. The normalized spacial score (nSPS) is 10.7. The summed E-state index contributed by atoms with van der Waals surface area (Å²) in [5.74, 6) is 5.44. The third-order valence-corrected chi connectivity index (χ3v) is 3.40. The Morgan fingerprint density at radius 3 is 2.79 bits per heavy atom.